The molecule has 1 aliphatic rings. The fourth-order valence-electron chi connectivity index (χ4n) is 3.50. The predicted molar refractivity (Wildman–Crippen MR) is 94.7 cm³/mol. The van der Waals surface area contributed by atoms with Crippen molar-refractivity contribution in [1.29, 1.82) is 0 Å². The van der Waals surface area contributed by atoms with Crippen LogP contribution >= 0.6 is 0 Å². The second kappa shape index (κ2) is 7.07. The first kappa shape index (κ1) is 16.6. The van der Waals surface area contributed by atoms with Crippen LogP contribution in [0.1, 0.15) is 51.1 Å². The Labute approximate surface area is 142 Å². The predicted octanol–water partition coefficient (Wildman–Crippen LogP) is 4.05. The van der Waals surface area contributed by atoms with Crippen molar-refractivity contribution in [3.05, 3.63) is 42.2 Å². The number of benzene rings is 1. The molecule has 1 aromatic heterocycles. The van der Waals surface area contributed by atoms with Gasteiger partial charge in [0, 0.05) is 6.04 Å². The molecule has 0 aliphatic heterocycles. The van der Waals surface area contributed by atoms with Gasteiger partial charge in [-0.2, -0.15) is 5.10 Å². The van der Waals surface area contributed by atoms with E-state index in [-0.39, 0.29) is 5.92 Å². The molecule has 5 heteroatoms. The molecule has 128 valence electrons. The van der Waals surface area contributed by atoms with Crippen LogP contribution in [0.5, 0.6) is 0 Å². The fraction of sp³-hybridized carbons (Fsp3) is 0.474. The first-order chi connectivity index (χ1) is 11.6. The standard InChI is InChI=1S/C19H25N3O2/c1-13(2)18-17(12-20-22(18)16-6-4-3-5-7-16)21-15-10-8-14(9-11-15)19(23)24/h3-7,12-15,21H,8-11H2,1-2H3,(H,23,24). The third kappa shape index (κ3) is 3.45. The molecule has 2 N–H and O–H groups in total. The van der Waals surface area contributed by atoms with Gasteiger partial charge >= 0.3 is 5.97 Å². The molecular formula is C19H25N3O2. The number of hydrogen-bond acceptors (Lipinski definition) is 3. The summed E-state index contributed by atoms with van der Waals surface area (Å²) in [7, 11) is 0. The van der Waals surface area contributed by atoms with Crippen molar-refractivity contribution < 1.29 is 9.90 Å². The summed E-state index contributed by atoms with van der Waals surface area (Å²) in [4.78, 5) is 11.1. The molecule has 0 atom stereocenters. The van der Waals surface area contributed by atoms with E-state index < -0.39 is 5.97 Å². The number of nitrogens with zero attached hydrogens (tertiary/aromatic N) is 2. The first-order valence-corrected chi connectivity index (χ1v) is 8.69. The highest BCUT2D eigenvalue weighted by atomic mass is 16.4. The van der Waals surface area contributed by atoms with Crippen LogP contribution in [0.25, 0.3) is 5.69 Å². The minimum Gasteiger partial charge on any atom is -0.481 e. The van der Waals surface area contributed by atoms with Crippen LogP contribution in [-0.2, 0) is 4.79 Å². The lowest BCUT2D eigenvalue weighted by atomic mass is 9.86. The Balaban J connectivity index is 1.77. The molecule has 1 aliphatic carbocycles. The van der Waals surface area contributed by atoms with E-state index in [4.69, 9.17) is 5.11 Å². The highest BCUT2D eigenvalue weighted by Gasteiger charge is 2.27. The summed E-state index contributed by atoms with van der Waals surface area (Å²) in [5.74, 6) is -0.501. The Kier molecular flexibility index (Phi) is 4.88. The molecule has 0 spiro atoms. The average molecular weight is 327 g/mol. The van der Waals surface area contributed by atoms with E-state index in [1.165, 1.54) is 5.69 Å². The van der Waals surface area contributed by atoms with E-state index in [2.05, 4.69) is 36.4 Å². The SMILES string of the molecule is CC(C)c1c(NC2CCC(C(=O)O)CC2)cnn1-c1ccccc1. The Bertz CT molecular complexity index is 686. The Morgan fingerprint density at radius 2 is 1.88 bits per heavy atom. The number of anilines is 1. The number of carboxylic acid groups (broad SMARTS) is 1. The third-order valence-corrected chi connectivity index (χ3v) is 4.79. The molecule has 0 radical (unpaired) electrons. The molecule has 1 heterocycles. The van der Waals surface area contributed by atoms with Gasteiger partial charge in [-0.1, -0.05) is 32.0 Å². The summed E-state index contributed by atoms with van der Waals surface area (Å²) in [6.07, 6.45) is 5.18. The van der Waals surface area contributed by atoms with E-state index >= 15 is 0 Å². The van der Waals surface area contributed by atoms with E-state index in [1.807, 2.05) is 29.1 Å². The number of carbonyl (C=O) groups is 1. The molecule has 3 rings (SSSR count). The van der Waals surface area contributed by atoms with Crippen LogP contribution in [-0.4, -0.2) is 26.9 Å². The maximum atomic E-state index is 11.1. The molecule has 0 bridgehead atoms. The maximum Gasteiger partial charge on any atom is 0.306 e. The Hall–Kier alpha value is -2.30. The minimum absolute atomic E-state index is 0.181. The summed E-state index contributed by atoms with van der Waals surface area (Å²) >= 11 is 0. The second-order valence-corrected chi connectivity index (χ2v) is 6.88. The lowest BCUT2D eigenvalue weighted by Crippen LogP contribution is -2.29. The lowest BCUT2D eigenvalue weighted by Gasteiger charge is -2.28. The number of para-hydroxylation sites is 1. The zero-order valence-electron chi connectivity index (χ0n) is 14.3. The van der Waals surface area contributed by atoms with Crippen LogP contribution in [0.3, 0.4) is 0 Å². The Morgan fingerprint density at radius 3 is 2.46 bits per heavy atom. The molecule has 1 aromatic carbocycles. The van der Waals surface area contributed by atoms with Gasteiger partial charge < -0.3 is 10.4 Å². The summed E-state index contributed by atoms with van der Waals surface area (Å²) in [5.41, 5.74) is 3.29. The van der Waals surface area contributed by atoms with Gasteiger partial charge in [-0.25, -0.2) is 4.68 Å². The van der Waals surface area contributed by atoms with Crippen molar-refractivity contribution in [2.45, 2.75) is 51.5 Å². The number of aliphatic carboxylic acids is 1. The number of aromatic nitrogens is 2. The van der Waals surface area contributed by atoms with Crippen molar-refractivity contribution in [1.82, 2.24) is 9.78 Å². The molecular weight excluding hydrogens is 302 g/mol. The van der Waals surface area contributed by atoms with Crippen molar-refractivity contribution in [3.8, 4) is 5.69 Å². The summed E-state index contributed by atoms with van der Waals surface area (Å²) < 4.78 is 2.00. The highest BCUT2D eigenvalue weighted by Crippen LogP contribution is 2.31. The normalized spacial score (nSPS) is 21.0. The molecule has 5 nitrogen and oxygen atoms in total. The lowest BCUT2D eigenvalue weighted by molar-refractivity contribution is -0.142. The number of nitrogens with one attached hydrogen (secondary N) is 1. The van der Waals surface area contributed by atoms with Crippen molar-refractivity contribution in [3.63, 3.8) is 0 Å². The monoisotopic (exact) mass is 327 g/mol. The van der Waals surface area contributed by atoms with Gasteiger partial charge in [0.15, 0.2) is 0 Å². The topological polar surface area (TPSA) is 67.2 Å². The van der Waals surface area contributed by atoms with E-state index in [0.717, 1.165) is 37.1 Å². The van der Waals surface area contributed by atoms with Gasteiger partial charge in [-0.05, 0) is 43.7 Å². The van der Waals surface area contributed by atoms with E-state index in [0.29, 0.717) is 12.0 Å². The number of rotatable bonds is 5. The molecule has 2 aromatic rings. The highest BCUT2D eigenvalue weighted by molar-refractivity contribution is 5.70. The van der Waals surface area contributed by atoms with E-state index in [1.54, 1.807) is 0 Å². The van der Waals surface area contributed by atoms with Crippen molar-refractivity contribution >= 4 is 11.7 Å². The van der Waals surface area contributed by atoms with Gasteiger partial charge in [0.2, 0.25) is 0 Å². The molecule has 1 saturated carbocycles. The van der Waals surface area contributed by atoms with Crippen LogP contribution in [0.2, 0.25) is 0 Å². The summed E-state index contributed by atoms with van der Waals surface area (Å²) in [6.45, 7) is 4.34. The van der Waals surface area contributed by atoms with E-state index in [9.17, 15) is 4.79 Å². The zero-order chi connectivity index (χ0) is 17.1. The van der Waals surface area contributed by atoms with Gasteiger partial charge in [-0.15, -0.1) is 0 Å². The van der Waals surface area contributed by atoms with Crippen LogP contribution in [0.15, 0.2) is 36.5 Å². The van der Waals surface area contributed by atoms with Gasteiger partial charge in [0.05, 0.1) is 29.2 Å². The zero-order valence-corrected chi connectivity index (χ0v) is 14.3. The quantitative estimate of drug-likeness (QED) is 0.869. The second-order valence-electron chi connectivity index (χ2n) is 6.88. The molecule has 0 saturated heterocycles. The molecule has 1 fully saturated rings. The van der Waals surface area contributed by atoms with Crippen molar-refractivity contribution in [2.24, 2.45) is 5.92 Å². The van der Waals surface area contributed by atoms with Gasteiger partial charge in [0.1, 0.15) is 0 Å². The van der Waals surface area contributed by atoms with Crippen LogP contribution in [0, 0.1) is 5.92 Å². The maximum absolute atomic E-state index is 11.1. The summed E-state index contributed by atoms with van der Waals surface area (Å²) in [6, 6.07) is 10.5. The van der Waals surface area contributed by atoms with Gasteiger partial charge in [0.25, 0.3) is 0 Å². The minimum atomic E-state index is -0.659. The van der Waals surface area contributed by atoms with Crippen LogP contribution < -0.4 is 5.32 Å². The Morgan fingerprint density at radius 1 is 1.21 bits per heavy atom. The average Bonchev–Trinajstić information content (AvgIpc) is 3.00. The fourth-order valence-corrected chi connectivity index (χ4v) is 3.50. The molecule has 0 amide bonds. The molecule has 0 unspecified atom stereocenters. The van der Waals surface area contributed by atoms with Crippen LogP contribution in [0.4, 0.5) is 5.69 Å². The first-order valence-electron chi connectivity index (χ1n) is 8.69. The smallest absolute Gasteiger partial charge is 0.306 e. The summed E-state index contributed by atoms with van der Waals surface area (Å²) in [5, 5.41) is 17.3. The van der Waals surface area contributed by atoms with Gasteiger partial charge in [-0.3, -0.25) is 4.79 Å². The van der Waals surface area contributed by atoms with Crippen molar-refractivity contribution in [2.75, 3.05) is 5.32 Å². The molecule has 24 heavy (non-hydrogen) atoms. The largest absolute Gasteiger partial charge is 0.481 e. The number of carboxylic acids is 1. The third-order valence-electron chi connectivity index (χ3n) is 4.79. The number of hydrogen-bond donors (Lipinski definition) is 2.